The Morgan fingerprint density at radius 2 is 2.00 bits per heavy atom. The fourth-order valence-corrected chi connectivity index (χ4v) is 2.31. The van der Waals surface area contributed by atoms with Crippen LogP contribution >= 0.6 is 0 Å². The van der Waals surface area contributed by atoms with Crippen molar-refractivity contribution in [3.63, 3.8) is 0 Å². The molecule has 0 fully saturated rings. The number of methoxy groups -OCH3 is 1. The van der Waals surface area contributed by atoms with Crippen LogP contribution in [-0.4, -0.2) is 24.7 Å². The molecule has 0 aliphatic carbocycles. The van der Waals surface area contributed by atoms with Crippen molar-refractivity contribution in [2.24, 2.45) is 0 Å². The van der Waals surface area contributed by atoms with E-state index in [1.165, 1.54) is 20.1 Å². The molecule has 1 amide bonds. The van der Waals surface area contributed by atoms with Crippen LogP contribution in [0.15, 0.2) is 48.5 Å². The van der Waals surface area contributed by atoms with Gasteiger partial charge < -0.3 is 15.2 Å². The van der Waals surface area contributed by atoms with Crippen molar-refractivity contribution in [2.75, 3.05) is 13.7 Å². The standard InChI is InChI=1S/C19H19F2NO3/c1-19(24,15-9-8-14(20)11-16(15)21)12-22-18(23)10-7-13-5-3-4-6-17(13)25-2/h3-11,24H,12H2,1-2H3,(H,22,23). The third-order valence-corrected chi connectivity index (χ3v) is 3.67. The van der Waals surface area contributed by atoms with Crippen molar-refractivity contribution in [3.05, 3.63) is 71.3 Å². The Morgan fingerprint density at radius 1 is 1.28 bits per heavy atom. The van der Waals surface area contributed by atoms with Gasteiger partial charge in [-0.3, -0.25) is 4.79 Å². The molecule has 0 bridgehead atoms. The smallest absolute Gasteiger partial charge is 0.244 e. The van der Waals surface area contributed by atoms with Gasteiger partial charge in [0.25, 0.3) is 0 Å². The van der Waals surface area contributed by atoms with Crippen LogP contribution in [0.4, 0.5) is 8.78 Å². The predicted octanol–water partition coefficient (Wildman–Crippen LogP) is 3.01. The van der Waals surface area contributed by atoms with Gasteiger partial charge in [0.1, 0.15) is 23.0 Å². The zero-order chi connectivity index (χ0) is 18.4. The Labute approximate surface area is 144 Å². The molecule has 0 heterocycles. The van der Waals surface area contributed by atoms with Crippen molar-refractivity contribution in [2.45, 2.75) is 12.5 Å². The Hall–Kier alpha value is -2.73. The minimum Gasteiger partial charge on any atom is -0.496 e. The van der Waals surface area contributed by atoms with Crippen LogP contribution in [-0.2, 0) is 10.4 Å². The van der Waals surface area contributed by atoms with Crippen molar-refractivity contribution < 1.29 is 23.4 Å². The molecule has 0 aromatic heterocycles. The van der Waals surface area contributed by atoms with Crippen molar-refractivity contribution in [1.82, 2.24) is 5.32 Å². The van der Waals surface area contributed by atoms with Gasteiger partial charge in [-0.25, -0.2) is 8.78 Å². The predicted molar refractivity (Wildman–Crippen MR) is 91.0 cm³/mol. The molecule has 0 spiro atoms. The number of halogens is 2. The van der Waals surface area contributed by atoms with E-state index in [0.717, 1.165) is 17.7 Å². The molecule has 6 heteroatoms. The summed E-state index contributed by atoms with van der Waals surface area (Å²) < 4.78 is 31.9. The van der Waals surface area contributed by atoms with E-state index in [0.29, 0.717) is 11.8 Å². The summed E-state index contributed by atoms with van der Waals surface area (Å²) >= 11 is 0. The van der Waals surface area contributed by atoms with Gasteiger partial charge in [-0.15, -0.1) is 0 Å². The number of ether oxygens (including phenoxy) is 1. The molecule has 0 radical (unpaired) electrons. The summed E-state index contributed by atoms with van der Waals surface area (Å²) in [6.07, 6.45) is 2.86. The molecule has 1 unspecified atom stereocenters. The van der Waals surface area contributed by atoms with Crippen molar-refractivity contribution in [1.29, 1.82) is 0 Å². The third kappa shape index (κ3) is 4.87. The van der Waals surface area contributed by atoms with Gasteiger partial charge in [-0.2, -0.15) is 0 Å². The first-order valence-electron chi connectivity index (χ1n) is 7.60. The molecule has 2 aromatic carbocycles. The number of hydrogen-bond acceptors (Lipinski definition) is 3. The van der Waals surface area contributed by atoms with Gasteiger partial charge in [0, 0.05) is 23.3 Å². The van der Waals surface area contributed by atoms with Crippen LogP contribution in [0.1, 0.15) is 18.1 Å². The van der Waals surface area contributed by atoms with Crippen LogP contribution in [0.2, 0.25) is 0 Å². The average Bonchev–Trinajstić information content (AvgIpc) is 2.58. The normalized spacial score (nSPS) is 13.5. The second kappa shape index (κ2) is 7.90. The number of rotatable bonds is 6. The molecular weight excluding hydrogens is 328 g/mol. The van der Waals surface area contributed by atoms with Crippen LogP contribution in [0.5, 0.6) is 5.75 Å². The summed E-state index contributed by atoms with van der Waals surface area (Å²) in [5.41, 5.74) is -1.05. The monoisotopic (exact) mass is 347 g/mol. The average molecular weight is 347 g/mol. The van der Waals surface area contributed by atoms with Gasteiger partial charge in [-0.05, 0) is 25.1 Å². The number of nitrogens with one attached hydrogen (secondary N) is 1. The van der Waals surface area contributed by atoms with E-state index in [1.807, 2.05) is 12.1 Å². The van der Waals surface area contributed by atoms with E-state index in [2.05, 4.69) is 5.32 Å². The molecule has 4 nitrogen and oxygen atoms in total. The summed E-state index contributed by atoms with van der Waals surface area (Å²) in [5, 5.41) is 12.8. The van der Waals surface area contributed by atoms with E-state index in [9.17, 15) is 18.7 Å². The molecule has 2 N–H and O–H groups in total. The number of benzene rings is 2. The maximum Gasteiger partial charge on any atom is 0.244 e. The molecule has 0 saturated carbocycles. The zero-order valence-electron chi connectivity index (χ0n) is 13.9. The highest BCUT2D eigenvalue weighted by molar-refractivity contribution is 5.92. The van der Waals surface area contributed by atoms with Gasteiger partial charge in [0.05, 0.1) is 13.7 Å². The fourth-order valence-electron chi connectivity index (χ4n) is 2.31. The first-order chi connectivity index (χ1) is 11.8. The molecule has 0 aliphatic heterocycles. The zero-order valence-corrected chi connectivity index (χ0v) is 13.9. The van der Waals surface area contributed by atoms with E-state index in [-0.39, 0.29) is 12.1 Å². The lowest BCUT2D eigenvalue weighted by molar-refractivity contribution is -0.117. The maximum atomic E-state index is 13.8. The lowest BCUT2D eigenvalue weighted by atomic mass is 9.95. The van der Waals surface area contributed by atoms with Crippen molar-refractivity contribution >= 4 is 12.0 Å². The van der Waals surface area contributed by atoms with E-state index in [1.54, 1.807) is 18.2 Å². The highest BCUT2D eigenvalue weighted by Crippen LogP contribution is 2.23. The van der Waals surface area contributed by atoms with E-state index < -0.39 is 23.1 Å². The largest absolute Gasteiger partial charge is 0.496 e. The van der Waals surface area contributed by atoms with Crippen LogP contribution in [0, 0.1) is 11.6 Å². The second-order valence-corrected chi connectivity index (χ2v) is 5.69. The molecule has 0 saturated heterocycles. The molecule has 2 aromatic rings. The first-order valence-corrected chi connectivity index (χ1v) is 7.60. The number of carbonyl (C=O) groups excluding carboxylic acids is 1. The number of amides is 1. The lowest BCUT2D eigenvalue weighted by Gasteiger charge is -2.24. The molecule has 132 valence electrons. The van der Waals surface area contributed by atoms with E-state index >= 15 is 0 Å². The maximum absolute atomic E-state index is 13.8. The third-order valence-electron chi connectivity index (χ3n) is 3.67. The number of para-hydroxylation sites is 1. The molecule has 1 atom stereocenters. The number of carbonyl (C=O) groups is 1. The molecule has 0 aliphatic rings. The lowest BCUT2D eigenvalue weighted by Crippen LogP contribution is -2.38. The fraction of sp³-hybridized carbons (Fsp3) is 0.211. The van der Waals surface area contributed by atoms with Crippen LogP contribution in [0.3, 0.4) is 0 Å². The van der Waals surface area contributed by atoms with Gasteiger partial charge >= 0.3 is 0 Å². The van der Waals surface area contributed by atoms with Gasteiger partial charge in [-0.1, -0.05) is 24.3 Å². The van der Waals surface area contributed by atoms with E-state index in [4.69, 9.17) is 4.74 Å². The molecular formula is C19H19F2NO3. The number of aliphatic hydroxyl groups is 1. The Bertz CT molecular complexity index is 788. The minimum atomic E-state index is -1.67. The second-order valence-electron chi connectivity index (χ2n) is 5.69. The summed E-state index contributed by atoms with van der Waals surface area (Å²) in [6, 6.07) is 10.1. The summed E-state index contributed by atoms with van der Waals surface area (Å²) in [6.45, 7) is 1.11. The van der Waals surface area contributed by atoms with Crippen molar-refractivity contribution in [3.8, 4) is 5.75 Å². The Balaban J connectivity index is 2.02. The molecule has 25 heavy (non-hydrogen) atoms. The Kier molecular flexibility index (Phi) is 5.88. The highest BCUT2D eigenvalue weighted by Gasteiger charge is 2.27. The minimum absolute atomic E-state index is 0.0945. The quantitative estimate of drug-likeness (QED) is 0.790. The van der Waals surface area contributed by atoms with Gasteiger partial charge in [0.2, 0.25) is 5.91 Å². The van der Waals surface area contributed by atoms with Crippen LogP contribution < -0.4 is 10.1 Å². The SMILES string of the molecule is COc1ccccc1C=CC(=O)NCC(C)(O)c1ccc(F)cc1F. The summed E-state index contributed by atoms with van der Waals surface area (Å²) in [4.78, 5) is 11.9. The van der Waals surface area contributed by atoms with Gasteiger partial charge in [0.15, 0.2) is 0 Å². The summed E-state index contributed by atoms with van der Waals surface area (Å²) in [5.74, 6) is -1.45. The first kappa shape index (κ1) is 18.6. The number of hydrogen-bond donors (Lipinski definition) is 2. The summed E-state index contributed by atoms with van der Waals surface area (Å²) in [7, 11) is 1.53. The Morgan fingerprint density at radius 3 is 2.68 bits per heavy atom. The van der Waals surface area contributed by atoms with Crippen LogP contribution in [0.25, 0.3) is 6.08 Å². The highest BCUT2D eigenvalue weighted by atomic mass is 19.1. The topological polar surface area (TPSA) is 58.6 Å². The molecule has 2 rings (SSSR count).